The van der Waals surface area contributed by atoms with Crippen LogP contribution in [0.1, 0.15) is 19.3 Å². The lowest BCUT2D eigenvalue weighted by molar-refractivity contribution is -0.124. The Balaban J connectivity index is 2.03. The van der Waals surface area contributed by atoms with E-state index in [1.165, 1.54) is 0 Å². The number of carbonyl (C=O) groups excluding carboxylic acids is 1. The van der Waals surface area contributed by atoms with E-state index in [2.05, 4.69) is 11.9 Å². The van der Waals surface area contributed by atoms with Gasteiger partial charge in [0, 0.05) is 6.54 Å². The van der Waals surface area contributed by atoms with Crippen molar-refractivity contribution in [1.29, 1.82) is 5.26 Å². The first-order valence-corrected chi connectivity index (χ1v) is 5.13. The van der Waals surface area contributed by atoms with Crippen LogP contribution in [0.25, 0.3) is 0 Å². The van der Waals surface area contributed by atoms with Gasteiger partial charge in [0.2, 0.25) is 5.91 Å². The Hall–Kier alpha value is -1.34. The van der Waals surface area contributed by atoms with E-state index >= 15 is 0 Å². The van der Waals surface area contributed by atoms with Crippen molar-refractivity contribution in [1.82, 2.24) is 5.32 Å². The third-order valence-corrected chi connectivity index (χ3v) is 2.40. The minimum absolute atomic E-state index is 0.155. The van der Waals surface area contributed by atoms with Crippen LogP contribution >= 0.6 is 0 Å². The zero-order chi connectivity index (χ0) is 11.1. The van der Waals surface area contributed by atoms with Gasteiger partial charge in [-0.15, -0.1) is 6.58 Å². The van der Waals surface area contributed by atoms with Crippen molar-refractivity contribution in [3.8, 4) is 6.07 Å². The van der Waals surface area contributed by atoms with Crippen LogP contribution in [0.5, 0.6) is 0 Å². The van der Waals surface area contributed by atoms with Gasteiger partial charge in [0.05, 0.1) is 19.3 Å². The Bertz CT molecular complexity index is 277. The summed E-state index contributed by atoms with van der Waals surface area (Å²) in [5, 5.41) is 11.4. The van der Waals surface area contributed by atoms with E-state index in [9.17, 15) is 4.79 Å². The molecule has 1 aliphatic rings. The number of carbonyl (C=O) groups is 1. The first-order valence-electron chi connectivity index (χ1n) is 5.13. The van der Waals surface area contributed by atoms with Crippen LogP contribution in [0.15, 0.2) is 12.7 Å². The first kappa shape index (κ1) is 11.7. The molecule has 0 aliphatic heterocycles. The van der Waals surface area contributed by atoms with Crippen molar-refractivity contribution in [2.24, 2.45) is 5.41 Å². The summed E-state index contributed by atoms with van der Waals surface area (Å²) in [5.41, 5.74) is -0.721. The van der Waals surface area contributed by atoms with Gasteiger partial charge in [-0.1, -0.05) is 6.08 Å². The maximum absolute atomic E-state index is 11.4. The molecule has 0 aromatic heterocycles. The molecule has 1 saturated carbocycles. The van der Waals surface area contributed by atoms with E-state index in [1.54, 1.807) is 6.08 Å². The molecular weight excluding hydrogens is 192 g/mol. The van der Waals surface area contributed by atoms with Gasteiger partial charge in [0.15, 0.2) is 0 Å². The smallest absolute Gasteiger partial charge is 0.240 e. The zero-order valence-corrected chi connectivity index (χ0v) is 8.79. The van der Waals surface area contributed by atoms with Crippen LogP contribution in [0.3, 0.4) is 0 Å². The van der Waals surface area contributed by atoms with Crippen molar-refractivity contribution in [2.75, 3.05) is 19.8 Å². The topological polar surface area (TPSA) is 62.1 Å². The molecule has 0 saturated heterocycles. The summed E-state index contributed by atoms with van der Waals surface area (Å²) in [6, 6.07) is 2.05. The molecule has 0 aromatic carbocycles. The van der Waals surface area contributed by atoms with Gasteiger partial charge >= 0.3 is 0 Å². The summed E-state index contributed by atoms with van der Waals surface area (Å²) in [4.78, 5) is 11.4. The Kier molecular flexibility index (Phi) is 4.32. The Labute approximate surface area is 89.9 Å². The molecule has 1 rings (SSSR count). The molecule has 1 N–H and O–H groups in total. The molecule has 82 valence electrons. The molecule has 1 amide bonds. The van der Waals surface area contributed by atoms with Crippen LogP contribution in [0, 0.1) is 16.7 Å². The predicted molar refractivity (Wildman–Crippen MR) is 55.9 cm³/mol. The summed E-state index contributed by atoms with van der Waals surface area (Å²) in [5.74, 6) is -0.155. The normalized spacial score (nSPS) is 16.5. The largest absolute Gasteiger partial charge is 0.379 e. The minimum atomic E-state index is -0.721. The average molecular weight is 208 g/mol. The molecule has 0 spiro atoms. The molecule has 0 heterocycles. The lowest BCUT2D eigenvalue weighted by Gasteiger charge is -2.07. The SMILES string of the molecule is C=CCCOCCNC(=O)C1(C#N)CC1. The highest BCUT2D eigenvalue weighted by Gasteiger charge is 2.50. The molecular formula is C11H16N2O2. The highest BCUT2D eigenvalue weighted by atomic mass is 16.5. The van der Waals surface area contributed by atoms with Gasteiger partial charge in [-0.3, -0.25) is 4.79 Å². The molecule has 1 fully saturated rings. The fraction of sp³-hybridized carbons (Fsp3) is 0.636. The van der Waals surface area contributed by atoms with E-state index in [-0.39, 0.29) is 5.91 Å². The summed E-state index contributed by atoms with van der Waals surface area (Å²) in [6.45, 7) is 5.16. The Morgan fingerprint density at radius 3 is 2.87 bits per heavy atom. The van der Waals surface area contributed by atoms with E-state index < -0.39 is 5.41 Å². The molecule has 4 nitrogen and oxygen atoms in total. The van der Waals surface area contributed by atoms with Crippen LogP contribution < -0.4 is 5.32 Å². The molecule has 0 aromatic rings. The van der Waals surface area contributed by atoms with Gasteiger partial charge < -0.3 is 10.1 Å². The zero-order valence-electron chi connectivity index (χ0n) is 8.79. The fourth-order valence-electron chi connectivity index (χ4n) is 1.19. The van der Waals surface area contributed by atoms with E-state index in [0.29, 0.717) is 32.6 Å². The van der Waals surface area contributed by atoms with E-state index in [1.807, 2.05) is 6.07 Å². The van der Waals surface area contributed by atoms with Crippen LogP contribution in [0.2, 0.25) is 0 Å². The minimum Gasteiger partial charge on any atom is -0.379 e. The highest BCUT2D eigenvalue weighted by Crippen LogP contribution is 2.44. The summed E-state index contributed by atoms with van der Waals surface area (Å²) < 4.78 is 5.22. The van der Waals surface area contributed by atoms with Gasteiger partial charge in [-0.2, -0.15) is 5.26 Å². The van der Waals surface area contributed by atoms with Gasteiger partial charge in [0.1, 0.15) is 5.41 Å². The second-order valence-electron chi connectivity index (χ2n) is 3.64. The number of rotatable bonds is 7. The number of nitrogens with zero attached hydrogens (tertiary/aromatic N) is 1. The lowest BCUT2D eigenvalue weighted by atomic mass is 10.1. The number of hydrogen-bond acceptors (Lipinski definition) is 3. The van der Waals surface area contributed by atoms with Crippen molar-refractivity contribution in [2.45, 2.75) is 19.3 Å². The van der Waals surface area contributed by atoms with Crippen LogP contribution in [-0.4, -0.2) is 25.7 Å². The number of nitriles is 1. The quantitative estimate of drug-likeness (QED) is 0.501. The standard InChI is InChI=1S/C11H16N2O2/c1-2-3-7-15-8-6-13-10(14)11(9-12)4-5-11/h2H,1,3-8H2,(H,13,14). The average Bonchev–Trinajstić information content (AvgIpc) is 3.03. The van der Waals surface area contributed by atoms with Crippen LogP contribution in [-0.2, 0) is 9.53 Å². The molecule has 0 bridgehead atoms. The van der Waals surface area contributed by atoms with Crippen molar-refractivity contribution < 1.29 is 9.53 Å². The van der Waals surface area contributed by atoms with E-state index in [4.69, 9.17) is 10.00 Å². The second-order valence-corrected chi connectivity index (χ2v) is 3.64. The molecule has 15 heavy (non-hydrogen) atoms. The summed E-state index contributed by atoms with van der Waals surface area (Å²) >= 11 is 0. The third kappa shape index (κ3) is 3.37. The molecule has 0 unspecified atom stereocenters. The fourth-order valence-corrected chi connectivity index (χ4v) is 1.19. The van der Waals surface area contributed by atoms with E-state index in [0.717, 1.165) is 6.42 Å². The molecule has 0 atom stereocenters. The summed E-state index contributed by atoms with van der Waals surface area (Å²) in [7, 11) is 0. The molecule has 1 aliphatic carbocycles. The predicted octanol–water partition coefficient (Wildman–Crippen LogP) is 0.999. The number of hydrogen-bond donors (Lipinski definition) is 1. The third-order valence-electron chi connectivity index (χ3n) is 2.40. The summed E-state index contributed by atoms with van der Waals surface area (Å²) in [6.07, 6.45) is 3.98. The van der Waals surface area contributed by atoms with Crippen molar-refractivity contribution in [3.63, 3.8) is 0 Å². The first-order chi connectivity index (χ1) is 7.25. The lowest BCUT2D eigenvalue weighted by Crippen LogP contribution is -2.33. The van der Waals surface area contributed by atoms with Crippen molar-refractivity contribution >= 4 is 5.91 Å². The van der Waals surface area contributed by atoms with Gasteiger partial charge in [-0.05, 0) is 19.3 Å². The number of nitrogens with one attached hydrogen (secondary N) is 1. The van der Waals surface area contributed by atoms with Crippen LogP contribution in [0.4, 0.5) is 0 Å². The molecule has 4 heteroatoms. The van der Waals surface area contributed by atoms with Gasteiger partial charge in [-0.25, -0.2) is 0 Å². The second kappa shape index (κ2) is 5.52. The maximum Gasteiger partial charge on any atom is 0.240 e. The molecule has 0 radical (unpaired) electrons. The number of ether oxygens (including phenoxy) is 1. The Morgan fingerprint density at radius 1 is 1.60 bits per heavy atom. The maximum atomic E-state index is 11.4. The highest BCUT2D eigenvalue weighted by molar-refractivity contribution is 5.88. The van der Waals surface area contributed by atoms with Gasteiger partial charge in [0.25, 0.3) is 0 Å². The number of amides is 1. The van der Waals surface area contributed by atoms with Crippen molar-refractivity contribution in [3.05, 3.63) is 12.7 Å². The monoisotopic (exact) mass is 208 g/mol. The Morgan fingerprint density at radius 2 is 2.33 bits per heavy atom.